The third-order valence-electron chi connectivity index (χ3n) is 12.5. The van der Waals surface area contributed by atoms with Crippen molar-refractivity contribution in [2.45, 2.75) is 170 Å². The van der Waals surface area contributed by atoms with Crippen molar-refractivity contribution in [3.05, 3.63) is 190 Å². The number of unbranched alkanes of at least 4 members (excludes halogenated alkanes) is 11. The molecule has 73 heavy (non-hydrogen) atoms. The third-order valence-corrected chi connectivity index (χ3v) is 12.5. The van der Waals surface area contributed by atoms with Gasteiger partial charge >= 0.3 is 17.9 Å². The van der Waals surface area contributed by atoms with Crippen LogP contribution in [-0.4, -0.2) is 24.5 Å². The van der Waals surface area contributed by atoms with Crippen LogP contribution in [0.25, 0.3) is 0 Å². The minimum Gasteiger partial charge on any atom is -0.494 e. The molecule has 0 radical (unpaired) electrons. The molecular formula is C66H84O7. The summed E-state index contributed by atoms with van der Waals surface area (Å²) in [5.41, 5.74) is 8.02. The molecule has 0 amide bonds. The summed E-state index contributed by atoms with van der Waals surface area (Å²) in [5, 5.41) is 0. The number of carbonyl (C=O) groups excluding carboxylic acids is 3. The molecule has 0 bridgehead atoms. The molecule has 0 unspecified atom stereocenters. The van der Waals surface area contributed by atoms with Crippen LogP contribution in [0.5, 0.6) is 23.0 Å². The zero-order valence-electron chi connectivity index (χ0n) is 45.1. The van der Waals surface area contributed by atoms with Gasteiger partial charge in [0.05, 0.1) is 23.3 Å². The van der Waals surface area contributed by atoms with Crippen LogP contribution >= 0.6 is 0 Å². The lowest BCUT2D eigenvalue weighted by Crippen LogP contribution is -2.08. The van der Waals surface area contributed by atoms with Crippen molar-refractivity contribution in [3.63, 3.8) is 0 Å². The molecule has 6 aromatic rings. The summed E-state index contributed by atoms with van der Waals surface area (Å²) in [4.78, 5) is 36.6. The zero-order chi connectivity index (χ0) is 52.3. The number of aryl methyl sites for hydroxylation is 5. The van der Waals surface area contributed by atoms with Gasteiger partial charge in [-0.2, -0.15) is 0 Å². The number of hydrogen-bond acceptors (Lipinski definition) is 7. The Labute approximate surface area is 439 Å². The lowest BCUT2D eigenvalue weighted by Gasteiger charge is -2.08. The van der Waals surface area contributed by atoms with Crippen molar-refractivity contribution in [1.82, 2.24) is 0 Å². The van der Waals surface area contributed by atoms with Crippen LogP contribution in [-0.2, 0) is 25.7 Å². The minimum atomic E-state index is -0.329. The summed E-state index contributed by atoms with van der Waals surface area (Å²) in [6, 6.07) is 45.8. The van der Waals surface area contributed by atoms with Crippen LogP contribution in [0.1, 0.15) is 196 Å². The van der Waals surface area contributed by atoms with Gasteiger partial charge in [0, 0.05) is 0 Å². The number of hydrogen-bond donors (Lipinski definition) is 0. The van der Waals surface area contributed by atoms with Crippen molar-refractivity contribution in [2.75, 3.05) is 6.61 Å². The Balaban J connectivity index is 0.000000239. The maximum Gasteiger partial charge on any atom is 0.343 e. The van der Waals surface area contributed by atoms with E-state index in [1.54, 1.807) is 24.3 Å². The normalized spacial score (nSPS) is 10.5. The molecular weight excluding hydrogens is 905 g/mol. The van der Waals surface area contributed by atoms with Crippen molar-refractivity contribution in [1.29, 1.82) is 0 Å². The molecule has 0 aliphatic heterocycles. The van der Waals surface area contributed by atoms with Gasteiger partial charge in [-0.15, -0.1) is 0 Å². The van der Waals surface area contributed by atoms with Crippen molar-refractivity contribution in [2.24, 2.45) is 0 Å². The molecule has 0 N–H and O–H groups in total. The molecule has 0 spiro atoms. The molecule has 0 fully saturated rings. The van der Waals surface area contributed by atoms with Crippen LogP contribution in [0.4, 0.5) is 0 Å². The van der Waals surface area contributed by atoms with Crippen molar-refractivity contribution in [3.8, 4) is 23.0 Å². The second-order valence-electron chi connectivity index (χ2n) is 18.9. The topological polar surface area (TPSA) is 88.1 Å². The molecule has 0 heterocycles. The Morgan fingerprint density at radius 3 is 0.904 bits per heavy atom. The van der Waals surface area contributed by atoms with Gasteiger partial charge in [-0.1, -0.05) is 171 Å². The summed E-state index contributed by atoms with van der Waals surface area (Å²) in [7, 11) is 0. The minimum absolute atomic E-state index is 0.293. The van der Waals surface area contributed by atoms with Crippen LogP contribution in [0.15, 0.2) is 146 Å². The molecule has 6 aromatic carbocycles. The molecule has 0 saturated carbocycles. The van der Waals surface area contributed by atoms with Crippen LogP contribution < -0.4 is 18.9 Å². The average Bonchev–Trinajstić information content (AvgIpc) is 3.41. The quantitative estimate of drug-likeness (QED) is 0.0275. The molecule has 7 heteroatoms. The molecule has 0 atom stereocenters. The number of rotatable bonds is 28. The highest BCUT2D eigenvalue weighted by Gasteiger charge is 2.11. The number of ether oxygens (including phenoxy) is 4. The zero-order valence-corrected chi connectivity index (χ0v) is 45.1. The maximum absolute atomic E-state index is 12.3. The van der Waals surface area contributed by atoms with Gasteiger partial charge in [-0.3, -0.25) is 0 Å². The number of carbonyl (C=O) groups is 3. The lowest BCUT2D eigenvalue weighted by atomic mass is 10.0. The highest BCUT2D eigenvalue weighted by Crippen LogP contribution is 2.21. The smallest absolute Gasteiger partial charge is 0.343 e. The SMILES string of the molecule is CCCCCCc1ccc(C(=O)Oc2ccc(OCCCCC)cc2)cc1.CCCCCc1ccc(OC(=O)c2ccc(C)cc2)cc1.CCCCCc1ccc(OC(=O)c2ccc(CCCCC)cc2)cc1. The summed E-state index contributed by atoms with van der Waals surface area (Å²) < 4.78 is 22.0. The standard InChI is InChI=1S/C24H32O3.C23H30O2.C19H22O2/c1-3-5-7-8-10-20-11-13-21(14-12-20)24(25)27-23-17-15-22(16-18-23)26-19-9-6-4-2;1-3-5-7-9-19-11-15-21(16-12-19)23(24)25-22-17-13-20(14-18-22)10-8-6-4-2;1-3-4-5-6-16-9-13-18(14-10-16)21-19(20)17-11-7-15(2)8-12-17/h11-18H,3-10,19H2,1-2H3;11-18H,3-10H2,1-2H3;7-14H,3-6H2,1-2H3. The first-order valence-corrected chi connectivity index (χ1v) is 27.5. The van der Waals surface area contributed by atoms with Crippen LogP contribution in [0.3, 0.4) is 0 Å². The Morgan fingerprint density at radius 1 is 0.301 bits per heavy atom. The van der Waals surface area contributed by atoms with Crippen LogP contribution in [0.2, 0.25) is 0 Å². The van der Waals surface area contributed by atoms with E-state index < -0.39 is 0 Å². The Bertz CT molecular complexity index is 2400. The summed E-state index contributed by atoms with van der Waals surface area (Å²) >= 11 is 0. The van der Waals surface area contributed by atoms with Gasteiger partial charge in [-0.25, -0.2) is 14.4 Å². The van der Waals surface area contributed by atoms with Gasteiger partial charge in [0.15, 0.2) is 0 Å². The monoisotopic (exact) mass is 989 g/mol. The van der Waals surface area contributed by atoms with Gasteiger partial charge in [0.2, 0.25) is 0 Å². The molecule has 0 saturated heterocycles. The van der Waals surface area contributed by atoms with E-state index in [2.05, 4.69) is 46.8 Å². The Hall–Kier alpha value is -6.47. The number of esters is 3. The third kappa shape index (κ3) is 24.2. The first kappa shape index (κ1) is 59.1. The predicted molar refractivity (Wildman–Crippen MR) is 301 cm³/mol. The van der Waals surface area contributed by atoms with Crippen LogP contribution in [0, 0.1) is 6.92 Å². The number of benzene rings is 6. The van der Waals surface area contributed by atoms with E-state index in [-0.39, 0.29) is 17.9 Å². The van der Waals surface area contributed by atoms with Crippen molar-refractivity contribution < 1.29 is 33.3 Å². The first-order chi connectivity index (χ1) is 35.6. The largest absolute Gasteiger partial charge is 0.494 e. The fourth-order valence-corrected chi connectivity index (χ4v) is 7.89. The molecule has 0 aliphatic carbocycles. The van der Waals surface area contributed by atoms with E-state index in [0.29, 0.717) is 33.9 Å². The Kier molecular flexibility index (Phi) is 28.8. The molecule has 7 nitrogen and oxygen atoms in total. The second kappa shape index (κ2) is 35.6. The van der Waals surface area contributed by atoms with E-state index in [1.807, 2.05) is 116 Å². The van der Waals surface area contributed by atoms with Gasteiger partial charge < -0.3 is 18.9 Å². The summed E-state index contributed by atoms with van der Waals surface area (Å²) in [5.74, 6) is 1.61. The molecule has 6 rings (SSSR count). The first-order valence-electron chi connectivity index (χ1n) is 27.5. The van der Waals surface area contributed by atoms with Gasteiger partial charge in [0.25, 0.3) is 0 Å². The van der Waals surface area contributed by atoms with E-state index >= 15 is 0 Å². The summed E-state index contributed by atoms with van der Waals surface area (Å²) in [6.07, 6.45) is 23.8. The van der Waals surface area contributed by atoms with E-state index in [9.17, 15) is 14.4 Å². The Morgan fingerprint density at radius 2 is 0.562 bits per heavy atom. The molecule has 0 aromatic heterocycles. The van der Waals surface area contributed by atoms with Gasteiger partial charge in [0.1, 0.15) is 23.0 Å². The lowest BCUT2D eigenvalue weighted by molar-refractivity contribution is 0.0725. The molecule has 390 valence electrons. The predicted octanol–water partition coefficient (Wildman–Crippen LogP) is 17.9. The van der Waals surface area contributed by atoms with E-state index in [1.165, 1.54) is 119 Å². The average molecular weight is 989 g/mol. The van der Waals surface area contributed by atoms with Gasteiger partial charge in [-0.05, 0) is 172 Å². The maximum atomic E-state index is 12.3. The second-order valence-corrected chi connectivity index (χ2v) is 18.9. The fraction of sp³-hybridized carbons (Fsp3) is 0.409. The summed E-state index contributed by atoms with van der Waals surface area (Å²) in [6.45, 7) is 13.7. The highest BCUT2D eigenvalue weighted by atomic mass is 16.5. The van der Waals surface area contributed by atoms with Crippen molar-refractivity contribution >= 4 is 17.9 Å². The van der Waals surface area contributed by atoms with E-state index in [0.717, 1.165) is 50.0 Å². The molecule has 0 aliphatic rings. The van der Waals surface area contributed by atoms with E-state index in [4.69, 9.17) is 18.9 Å². The fourth-order valence-electron chi connectivity index (χ4n) is 7.89. The highest BCUT2D eigenvalue weighted by molar-refractivity contribution is 5.92.